The third-order valence-electron chi connectivity index (χ3n) is 19.6. The Morgan fingerprint density at radius 3 is 0.578 bits per heavy atom. The first-order chi connectivity index (χ1) is 49.7. The zero-order valence-corrected chi connectivity index (χ0v) is 68.4. The van der Waals surface area contributed by atoms with Crippen LogP contribution in [0.4, 0.5) is 0 Å². The summed E-state index contributed by atoms with van der Waals surface area (Å²) < 4.78 is 68.8. The van der Waals surface area contributed by atoms with Gasteiger partial charge in [0.15, 0.2) is 12.2 Å². The molecule has 0 aliphatic heterocycles. The normalized spacial score (nSPS) is 13.8. The van der Waals surface area contributed by atoms with Crippen LogP contribution in [0.2, 0.25) is 0 Å². The molecule has 0 heterocycles. The van der Waals surface area contributed by atoms with Crippen molar-refractivity contribution in [2.75, 3.05) is 39.6 Å². The predicted octanol–water partition coefficient (Wildman–Crippen LogP) is 25.4. The maximum Gasteiger partial charge on any atom is 0.472 e. The van der Waals surface area contributed by atoms with E-state index < -0.39 is 97.5 Å². The molecule has 5 atom stereocenters. The van der Waals surface area contributed by atoms with Gasteiger partial charge in [-0.2, -0.15) is 0 Å². The second-order valence-corrected chi connectivity index (χ2v) is 32.8. The number of ether oxygens (including phenoxy) is 4. The number of phosphoric acid groups is 2. The fourth-order valence-electron chi connectivity index (χ4n) is 13.0. The van der Waals surface area contributed by atoms with Crippen molar-refractivity contribution < 1.29 is 80.2 Å². The zero-order chi connectivity index (χ0) is 74.6. The maximum absolute atomic E-state index is 13.1. The van der Waals surface area contributed by atoms with Gasteiger partial charge in [-0.1, -0.05) is 400 Å². The van der Waals surface area contributed by atoms with Crippen LogP contribution in [0.25, 0.3) is 0 Å². The topological polar surface area (TPSA) is 237 Å². The Morgan fingerprint density at radius 1 is 0.235 bits per heavy atom. The van der Waals surface area contributed by atoms with E-state index in [4.69, 9.17) is 37.0 Å². The number of carbonyl (C=O) groups is 4. The fourth-order valence-corrected chi connectivity index (χ4v) is 14.6. The molecule has 0 bridgehead atoms. The van der Waals surface area contributed by atoms with Crippen molar-refractivity contribution in [1.82, 2.24) is 0 Å². The minimum atomic E-state index is -4.96. The molecule has 0 amide bonds. The van der Waals surface area contributed by atoms with Gasteiger partial charge in [-0.25, -0.2) is 9.13 Å². The van der Waals surface area contributed by atoms with Crippen molar-refractivity contribution in [3.05, 3.63) is 0 Å². The lowest BCUT2D eigenvalue weighted by atomic mass is 10.0. The van der Waals surface area contributed by atoms with E-state index in [-0.39, 0.29) is 25.7 Å². The minimum absolute atomic E-state index is 0.109. The van der Waals surface area contributed by atoms with E-state index in [0.717, 1.165) is 89.9 Å². The molecule has 2 unspecified atom stereocenters. The number of hydrogen-bond acceptors (Lipinski definition) is 15. The van der Waals surface area contributed by atoms with E-state index in [9.17, 15) is 43.2 Å². The van der Waals surface area contributed by atoms with E-state index >= 15 is 0 Å². The van der Waals surface area contributed by atoms with Gasteiger partial charge in [-0.15, -0.1) is 0 Å². The number of aliphatic hydroxyl groups is 1. The van der Waals surface area contributed by atoms with Crippen molar-refractivity contribution >= 4 is 39.5 Å². The lowest BCUT2D eigenvalue weighted by molar-refractivity contribution is -0.161. The van der Waals surface area contributed by atoms with Crippen molar-refractivity contribution in [3.8, 4) is 0 Å². The van der Waals surface area contributed by atoms with Crippen molar-refractivity contribution in [2.45, 2.75) is 470 Å². The second kappa shape index (κ2) is 77.2. The SMILES string of the molecule is CCCCCCCCCCCCCCCCCCCCC(=O)OC[C@H](COP(=O)(O)OC[C@@H](O)COP(=O)(O)OC[C@@H](COC(=O)CCCCCCCCCCCCCC)OC(=O)CCCCCCCCCCCCCCCC)OC(=O)CCCCCCCCCCCCCCCCCCCC. The Bertz CT molecular complexity index is 1930. The molecule has 0 saturated heterocycles. The molecule has 102 heavy (non-hydrogen) atoms. The number of hydrogen-bond donors (Lipinski definition) is 3. The first kappa shape index (κ1) is 100. The van der Waals surface area contributed by atoms with Crippen LogP contribution in [-0.2, 0) is 65.4 Å². The van der Waals surface area contributed by atoms with Gasteiger partial charge in [0.25, 0.3) is 0 Å². The monoisotopic (exact) mass is 1490 g/mol. The Labute approximate surface area is 626 Å². The fraction of sp³-hybridized carbons (Fsp3) is 0.952. The van der Waals surface area contributed by atoms with Gasteiger partial charge in [-0.3, -0.25) is 37.3 Å². The van der Waals surface area contributed by atoms with E-state index in [1.54, 1.807) is 0 Å². The lowest BCUT2D eigenvalue weighted by Gasteiger charge is -2.21. The van der Waals surface area contributed by atoms with E-state index in [0.29, 0.717) is 25.7 Å². The molecule has 0 aromatic rings. The number of carbonyl (C=O) groups excluding carboxylic acids is 4. The summed E-state index contributed by atoms with van der Waals surface area (Å²) in [6.45, 7) is 5.05. The van der Waals surface area contributed by atoms with Gasteiger partial charge in [-0.05, 0) is 25.7 Å². The van der Waals surface area contributed by atoms with Crippen LogP contribution < -0.4 is 0 Å². The molecule has 0 aromatic heterocycles. The molecule has 0 spiro atoms. The highest BCUT2D eigenvalue weighted by molar-refractivity contribution is 7.47. The summed E-state index contributed by atoms with van der Waals surface area (Å²) in [5.41, 5.74) is 0. The van der Waals surface area contributed by atoms with E-state index in [1.807, 2.05) is 0 Å². The molecular weight excluding hydrogens is 1330 g/mol. The Morgan fingerprint density at radius 2 is 0.392 bits per heavy atom. The average molecular weight is 1490 g/mol. The lowest BCUT2D eigenvalue weighted by Crippen LogP contribution is -2.30. The minimum Gasteiger partial charge on any atom is -0.462 e. The predicted molar refractivity (Wildman–Crippen MR) is 419 cm³/mol. The van der Waals surface area contributed by atoms with Crippen LogP contribution in [0.3, 0.4) is 0 Å². The first-order valence-electron chi connectivity index (χ1n) is 43.3. The van der Waals surface area contributed by atoms with Crippen molar-refractivity contribution in [3.63, 3.8) is 0 Å². The van der Waals surface area contributed by atoms with Crippen molar-refractivity contribution in [2.24, 2.45) is 0 Å². The molecule has 17 nitrogen and oxygen atoms in total. The molecule has 0 rings (SSSR count). The maximum atomic E-state index is 13.1. The van der Waals surface area contributed by atoms with Gasteiger partial charge in [0.1, 0.15) is 19.3 Å². The highest BCUT2D eigenvalue weighted by Crippen LogP contribution is 2.45. The second-order valence-electron chi connectivity index (χ2n) is 29.9. The summed E-state index contributed by atoms with van der Waals surface area (Å²) in [5.74, 6) is -2.10. The number of esters is 4. The highest BCUT2D eigenvalue weighted by atomic mass is 31.2. The molecule has 3 N–H and O–H groups in total. The van der Waals surface area contributed by atoms with Gasteiger partial charge in [0, 0.05) is 25.7 Å². The standard InChI is InChI=1S/C83H162O17P2/c1-5-9-13-17-21-25-29-33-36-38-40-42-45-48-52-56-60-64-68-81(86)94-74-79(100-83(88)70-66-62-58-54-50-46-43-41-39-37-34-30-26-22-18-14-10-6-2)76-98-102(91,92)96-72-77(84)71-95-101(89,90)97-75-78(73-93-80(85)67-63-59-55-51-47-32-28-24-20-16-12-8-4)99-82(87)69-65-61-57-53-49-44-35-31-27-23-19-15-11-7-3/h77-79,84H,5-76H2,1-4H3,(H,89,90)(H,91,92)/t77-,78+,79+/m0/s1. The highest BCUT2D eigenvalue weighted by Gasteiger charge is 2.30. The van der Waals surface area contributed by atoms with E-state index in [1.165, 1.54) is 283 Å². The Kier molecular flexibility index (Phi) is 75.8. The molecule has 606 valence electrons. The molecule has 0 aromatic carbocycles. The smallest absolute Gasteiger partial charge is 0.462 e. The number of phosphoric ester groups is 2. The van der Waals surface area contributed by atoms with Gasteiger partial charge in [0.05, 0.1) is 26.4 Å². The zero-order valence-electron chi connectivity index (χ0n) is 66.6. The average Bonchev–Trinajstić information content (AvgIpc) is 0.924. The summed E-state index contributed by atoms with van der Waals surface area (Å²) in [6, 6.07) is 0. The Hall–Kier alpha value is -1.94. The molecule has 0 fully saturated rings. The van der Waals surface area contributed by atoms with Crippen molar-refractivity contribution in [1.29, 1.82) is 0 Å². The molecule has 0 saturated carbocycles. The van der Waals surface area contributed by atoms with Crippen LogP contribution in [0.1, 0.15) is 451 Å². The third kappa shape index (κ3) is 76.3. The molecule has 0 radical (unpaired) electrons. The van der Waals surface area contributed by atoms with Crippen LogP contribution >= 0.6 is 15.6 Å². The van der Waals surface area contributed by atoms with Crippen LogP contribution in [0.15, 0.2) is 0 Å². The quantitative estimate of drug-likeness (QED) is 0.0222. The summed E-state index contributed by atoms with van der Waals surface area (Å²) >= 11 is 0. The Balaban J connectivity index is 5.25. The summed E-state index contributed by atoms with van der Waals surface area (Å²) in [7, 11) is -9.92. The summed E-state index contributed by atoms with van der Waals surface area (Å²) in [6.07, 6.45) is 70.6. The third-order valence-corrected chi connectivity index (χ3v) is 21.5. The molecule has 19 heteroatoms. The number of aliphatic hydroxyl groups excluding tert-OH is 1. The van der Waals surface area contributed by atoms with Gasteiger partial charge >= 0.3 is 39.5 Å². The molecular formula is C83H162O17P2. The molecule has 0 aliphatic carbocycles. The van der Waals surface area contributed by atoms with Gasteiger partial charge < -0.3 is 33.8 Å². The van der Waals surface area contributed by atoms with Gasteiger partial charge in [0.2, 0.25) is 0 Å². The largest absolute Gasteiger partial charge is 0.472 e. The van der Waals surface area contributed by atoms with Crippen LogP contribution in [0, 0.1) is 0 Å². The number of unbranched alkanes of at least 4 members (excludes halogenated alkanes) is 58. The van der Waals surface area contributed by atoms with Crippen LogP contribution in [0.5, 0.6) is 0 Å². The molecule has 0 aliphatic rings. The summed E-state index contributed by atoms with van der Waals surface area (Å²) in [4.78, 5) is 73.1. The van der Waals surface area contributed by atoms with Crippen LogP contribution in [-0.4, -0.2) is 96.7 Å². The summed E-state index contributed by atoms with van der Waals surface area (Å²) in [5, 5.41) is 10.7. The number of rotatable bonds is 84. The first-order valence-corrected chi connectivity index (χ1v) is 46.3. The van der Waals surface area contributed by atoms with E-state index in [2.05, 4.69) is 27.7 Å².